The van der Waals surface area contributed by atoms with Crippen LogP contribution in [0.3, 0.4) is 0 Å². The molecule has 0 saturated carbocycles. The number of anilines is 3. The summed E-state index contributed by atoms with van der Waals surface area (Å²) in [5.74, 6) is 0.701. The van der Waals surface area contributed by atoms with Crippen molar-refractivity contribution in [3.63, 3.8) is 0 Å². The third kappa shape index (κ3) is 5.07. The molecule has 0 saturated heterocycles. The number of carbonyl (C=O) groups excluding carboxylic acids is 1. The molecule has 4 rings (SSSR count). The van der Waals surface area contributed by atoms with Crippen LogP contribution in [0.4, 0.5) is 35.2 Å². The van der Waals surface area contributed by atoms with Gasteiger partial charge in [-0.3, -0.25) is 0 Å². The smallest absolute Gasteiger partial charge is 0.310 e. The Hall–Kier alpha value is -3.63. The van der Waals surface area contributed by atoms with Gasteiger partial charge in [-0.1, -0.05) is 18.2 Å². The highest BCUT2D eigenvalue weighted by Gasteiger charge is 2.29. The van der Waals surface area contributed by atoms with E-state index in [2.05, 4.69) is 21.0 Å². The molecular weight excluding hydrogens is 433 g/mol. The van der Waals surface area contributed by atoms with Gasteiger partial charge in [-0.05, 0) is 59.5 Å². The molecule has 172 valence electrons. The second-order valence-electron chi connectivity index (χ2n) is 7.88. The lowest BCUT2D eigenvalue weighted by molar-refractivity contribution is -0.127. The van der Waals surface area contributed by atoms with Crippen LogP contribution in [0.1, 0.15) is 22.9 Å². The van der Waals surface area contributed by atoms with E-state index < -0.39 is 18.6 Å². The Labute approximate surface area is 188 Å². The lowest BCUT2D eigenvalue weighted by atomic mass is 9.99. The number of hydrogen-bond donors (Lipinski definition) is 4. The number of fused-ring (bicyclic) bond motifs is 1. The summed E-state index contributed by atoms with van der Waals surface area (Å²) in [6.07, 6.45) is -4.02. The summed E-state index contributed by atoms with van der Waals surface area (Å²) in [6.45, 7) is 1.60. The fourth-order valence-electron chi connectivity index (χ4n) is 3.73. The Morgan fingerprint density at radius 2 is 1.79 bits per heavy atom. The van der Waals surface area contributed by atoms with Gasteiger partial charge < -0.3 is 21.8 Å². The molecule has 1 aromatic heterocycles. The summed E-state index contributed by atoms with van der Waals surface area (Å²) in [5.41, 5.74) is 13.5. The predicted octanol–water partition coefficient (Wildman–Crippen LogP) is 5.04. The second-order valence-corrected chi connectivity index (χ2v) is 7.88. The van der Waals surface area contributed by atoms with E-state index in [1.165, 1.54) is 6.07 Å². The molecule has 33 heavy (non-hydrogen) atoms. The lowest BCUT2D eigenvalue weighted by Gasteiger charge is -2.16. The van der Waals surface area contributed by atoms with E-state index >= 15 is 0 Å². The largest absolute Gasteiger partial charge is 0.393 e. The van der Waals surface area contributed by atoms with Gasteiger partial charge in [0, 0.05) is 30.2 Å². The summed E-state index contributed by atoms with van der Waals surface area (Å²) in [7, 11) is 1.84. The molecular formula is C23H23F3N6O. The maximum atomic E-state index is 12.8. The molecule has 10 heteroatoms. The number of pyridine rings is 1. The predicted molar refractivity (Wildman–Crippen MR) is 122 cm³/mol. The van der Waals surface area contributed by atoms with Crippen LogP contribution in [0.15, 0.2) is 54.7 Å². The maximum absolute atomic E-state index is 12.8. The molecule has 1 aliphatic rings. The Balaban J connectivity index is 1.45. The fraction of sp³-hybridized carbons (Fsp3) is 0.217. The highest BCUT2D eigenvalue weighted by atomic mass is 19.4. The van der Waals surface area contributed by atoms with Crippen molar-refractivity contribution in [2.24, 2.45) is 5.73 Å². The average Bonchev–Trinajstić information content (AvgIpc) is 3.04. The zero-order valence-electron chi connectivity index (χ0n) is 18.0. The molecule has 0 aliphatic carbocycles. The SMILES string of the molecule is Cc1ccc(NC(=O)Nc2ccc(-c3ccnc4c3C(N)N(C)N4)cc2)cc1CC(F)(F)F. The van der Waals surface area contributed by atoms with Crippen molar-refractivity contribution in [1.29, 1.82) is 0 Å². The van der Waals surface area contributed by atoms with Crippen molar-refractivity contribution < 1.29 is 18.0 Å². The number of nitrogens with two attached hydrogens (primary N) is 1. The molecule has 7 nitrogen and oxygen atoms in total. The van der Waals surface area contributed by atoms with Crippen LogP contribution >= 0.6 is 0 Å². The van der Waals surface area contributed by atoms with Gasteiger partial charge >= 0.3 is 12.2 Å². The average molecular weight is 456 g/mol. The number of hydrogen-bond acceptors (Lipinski definition) is 5. The van der Waals surface area contributed by atoms with E-state index in [0.29, 0.717) is 17.1 Å². The molecule has 1 atom stereocenters. The number of nitrogens with zero attached hydrogens (tertiary/aromatic N) is 2. The fourth-order valence-corrected chi connectivity index (χ4v) is 3.73. The molecule has 5 N–H and O–H groups in total. The Bertz CT molecular complexity index is 1180. The zero-order chi connectivity index (χ0) is 23.8. The Morgan fingerprint density at radius 1 is 1.12 bits per heavy atom. The summed E-state index contributed by atoms with van der Waals surface area (Å²) >= 11 is 0. The first-order valence-electron chi connectivity index (χ1n) is 10.2. The van der Waals surface area contributed by atoms with E-state index in [4.69, 9.17) is 5.73 Å². The summed E-state index contributed by atoms with van der Waals surface area (Å²) < 4.78 is 38.3. The number of alkyl halides is 3. The first kappa shape index (κ1) is 22.6. The van der Waals surface area contributed by atoms with E-state index in [-0.39, 0.29) is 17.4 Å². The first-order chi connectivity index (χ1) is 15.6. The van der Waals surface area contributed by atoms with Crippen molar-refractivity contribution in [2.75, 3.05) is 23.1 Å². The number of benzene rings is 2. The number of hydrazine groups is 1. The van der Waals surface area contributed by atoms with Crippen LogP contribution < -0.4 is 21.8 Å². The molecule has 1 aliphatic heterocycles. The minimum Gasteiger partial charge on any atom is -0.310 e. The number of aryl methyl sites for hydroxylation is 1. The molecule has 0 bridgehead atoms. The quantitative estimate of drug-likeness (QED) is 0.442. The number of rotatable bonds is 4. The van der Waals surface area contributed by atoms with Crippen molar-refractivity contribution in [1.82, 2.24) is 9.99 Å². The molecule has 0 radical (unpaired) electrons. The van der Waals surface area contributed by atoms with Crippen LogP contribution in [0.25, 0.3) is 11.1 Å². The van der Waals surface area contributed by atoms with Gasteiger partial charge in [0.15, 0.2) is 0 Å². The Morgan fingerprint density at radius 3 is 2.48 bits per heavy atom. The van der Waals surface area contributed by atoms with Gasteiger partial charge in [-0.2, -0.15) is 13.2 Å². The Kier molecular flexibility index (Phi) is 5.96. The standard InChI is InChI=1S/C23H23F3N6O/c1-13-3-6-17(11-15(13)12-23(24,25)26)30-22(33)29-16-7-4-14(5-8-16)18-9-10-28-21-19(18)20(27)32(2)31-21/h3-11,20H,12,27H2,1-2H3,(H,28,31)(H2,29,30,33). The topological polar surface area (TPSA) is 95.3 Å². The van der Waals surface area contributed by atoms with Crippen molar-refractivity contribution in [3.05, 3.63) is 71.4 Å². The van der Waals surface area contributed by atoms with Gasteiger partial charge in [-0.15, -0.1) is 0 Å². The molecule has 2 amide bonds. The van der Waals surface area contributed by atoms with Crippen LogP contribution in [0.2, 0.25) is 0 Å². The van der Waals surface area contributed by atoms with Crippen LogP contribution in [-0.4, -0.2) is 29.2 Å². The number of halogens is 3. The molecule has 3 aromatic rings. The van der Waals surface area contributed by atoms with Gasteiger partial charge in [0.1, 0.15) is 12.0 Å². The molecule has 0 fully saturated rings. The van der Waals surface area contributed by atoms with Gasteiger partial charge in [0.25, 0.3) is 0 Å². The highest BCUT2D eigenvalue weighted by Crippen LogP contribution is 2.37. The summed E-state index contributed by atoms with van der Waals surface area (Å²) in [4.78, 5) is 16.7. The number of urea groups is 1. The molecule has 1 unspecified atom stereocenters. The number of carbonyl (C=O) groups is 1. The molecule has 0 spiro atoms. The van der Waals surface area contributed by atoms with Gasteiger partial charge in [0.2, 0.25) is 0 Å². The monoisotopic (exact) mass is 456 g/mol. The minimum absolute atomic E-state index is 0.118. The third-order valence-corrected chi connectivity index (χ3v) is 5.44. The van der Waals surface area contributed by atoms with E-state index in [9.17, 15) is 18.0 Å². The van der Waals surface area contributed by atoms with E-state index in [1.807, 2.05) is 25.2 Å². The lowest BCUT2D eigenvalue weighted by Crippen LogP contribution is -2.28. The van der Waals surface area contributed by atoms with Gasteiger partial charge in [-0.25, -0.2) is 14.8 Å². The minimum atomic E-state index is -4.32. The van der Waals surface area contributed by atoms with Crippen LogP contribution in [0.5, 0.6) is 0 Å². The van der Waals surface area contributed by atoms with Crippen molar-refractivity contribution in [2.45, 2.75) is 25.7 Å². The zero-order valence-corrected chi connectivity index (χ0v) is 18.0. The summed E-state index contributed by atoms with van der Waals surface area (Å²) in [6, 6.07) is 13.0. The summed E-state index contributed by atoms with van der Waals surface area (Å²) in [5, 5.41) is 7.04. The number of aromatic nitrogens is 1. The molecule has 2 heterocycles. The van der Waals surface area contributed by atoms with E-state index in [0.717, 1.165) is 16.7 Å². The molecule has 2 aromatic carbocycles. The van der Waals surface area contributed by atoms with E-state index in [1.54, 1.807) is 42.4 Å². The number of nitrogens with one attached hydrogen (secondary N) is 3. The van der Waals surface area contributed by atoms with Crippen LogP contribution in [0, 0.1) is 6.92 Å². The number of amides is 2. The highest BCUT2D eigenvalue weighted by molar-refractivity contribution is 6.00. The van der Waals surface area contributed by atoms with Crippen molar-refractivity contribution in [3.8, 4) is 11.1 Å². The van der Waals surface area contributed by atoms with Crippen molar-refractivity contribution >= 4 is 23.2 Å². The third-order valence-electron chi connectivity index (χ3n) is 5.44. The maximum Gasteiger partial charge on any atom is 0.393 e. The normalized spacial score (nSPS) is 15.6. The second kappa shape index (κ2) is 8.72. The van der Waals surface area contributed by atoms with Gasteiger partial charge in [0.05, 0.1) is 6.42 Å². The first-order valence-corrected chi connectivity index (χ1v) is 10.2. The van der Waals surface area contributed by atoms with Crippen LogP contribution in [-0.2, 0) is 6.42 Å².